The summed E-state index contributed by atoms with van der Waals surface area (Å²) in [5.74, 6) is 1.77. The van der Waals surface area contributed by atoms with Gasteiger partial charge in [0.2, 0.25) is 0 Å². The molecule has 0 amide bonds. The van der Waals surface area contributed by atoms with Crippen molar-refractivity contribution >= 4 is 15.9 Å². The highest BCUT2D eigenvalue weighted by atomic mass is 79.9. The summed E-state index contributed by atoms with van der Waals surface area (Å²) < 4.78 is 2.10. The predicted molar refractivity (Wildman–Crippen MR) is 88.9 cm³/mol. The molecule has 0 atom stereocenters. The molecule has 0 fully saturated rings. The van der Waals surface area contributed by atoms with Gasteiger partial charge in [-0.15, -0.1) is 10.2 Å². The van der Waals surface area contributed by atoms with E-state index in [0.29, 0.717) is 5.33 Å². The van der Waals surface area contributed by atoms with E-state index in [2.05, 4.69) is 74.9 Å². The van der Waals surface area contributed by atoms with Gasteiger partial charge in [0.1, 0.15) is 5.82 Å². The van der Waals surface area contributed by atoms with Crippen LogP contribution in [0.1, 0.15) is 17.0 Å². The van der Waals surface area contributed by atoms with E-state index in [9.17, 15) is 0 Å². The van der Waals surface area contributed by atoms with Gasteiger partial charge in [-0.05, 0) is 43.2 Å². The topological polar surface area (TPSA) is 30.7 Å². The Morgan fingerprint density at radius 2 is 1.71 bits per heavy atom. The van der Waals surface area contributed by atoms with Gasteiger partial charge in [0.15, 0.2) is 5.82 Å². The van der Waals surface area contributed by atoms with Gasteiger partial charge in [-0.3, -0.25) is 4.57 Å². The Kier molecular flexibility index (Phi) is 3.88. The van der Waals surface area contributed by atoms with Crippen molar-refractivity contribution in [1.29, 1.82) is 0 Å². The molecule has 106 valence electrons. The zero-order chi connectivity index (χ0) is 14.8. The molecule has 3 aromatic rings. The van der Waals surface area contributed by atoms with Crippen LogP contribution in [0.2, 0.25) is 0 Å². The maximum Gasteiger partial charge on any atom is 0.168 e. The minimum Gasteiger partial charge on any atom is -0.278 e. The Hall–Kier alpha value is -1.94. The number of hydrogen-bond acceptors (Lipinski definition) is 2. The molecule has 0 aliphatic rings. The number of hydrogen-bond donors (Lipinski definition) is 0. The van der Waals surface area contributed by atoms with Crippen LogP contribution >= 0.6 is 15.9 Å². The summed E-state index contributed by atoms with van der Waals surface area (Å²) >= 11 is 3.49. The second kappa shape index (κ2) is 5.82. The summed E-state index contributed by atoms with van der Waals surface area (Å²) in [5, 5.41) is 9.36. The molecule has 21 heavy (non-hydrogen) atoms. The summed E-state index contributed by atoms with van der Waals surface area (Å²) in [6.45, 7) is 4.23. The Morgan fingerprint density at radius 1 is 0.952 bits per heavy atom. The lowest BCUT2D eigenvalue weighted by Gasteiger charge is -2.10. The van der Waals surface area contributed by atoms with Crippen LogP contribution in [0.3, 0.4) is 0 Å². The van der Waals surface area contributed by atoms with Gasteiger partial charge in [0, 0.05) is 11.3 Å². The van der Waals surface area contributed by atoms with Gasteiger partial charge in [-0.1, -0.05) is 46.3 Å². The van der Waals surface area contributed by atoms with Crippen molar-refractivity contribution in [1.82, 2.24) is 14.8 Å². The largest absolute Gasteiger partial charge is 0.278 e. The molecule has 2 aromatic carbocycles. The molecule has 0 N–H and O–H groups in total. The fourth-order valence-corrected chi connectivity index (χ4v) is 2.68. The normalized spacial score (nSPS) is 10.8. The minimum absolute atomic E-state index is 0.666. The van der Waals surface area contributed by atoms with Crippen molar-refractivity contribution in [2.45, 2.75) is 19.2 Å². The number of alkyl halides is 1. The highest BCUT2D eigenvalue weighted by Gasteiger charge is 2.14. The molecule has 0 aliphatic heterocycles. The molecule has 1 aromatic heterocycles. The molecule has 1 heterocycles. The molecule has 0 saturated heterocycles. The average Bonchev–Trinajstić information content (AvgIpc) is 2.95. The lowest BCUT2D eigenvalue weighted by molar-refractivity contribution is 0.962. The Balaban J connectivity index is 2.20. The maximum atomic E-state index is 4.39. The van der Waals surface area contributed by atoms with E-state index in [1.54, 1.807) is 0 Å². The van der Waals surface area contributed by atoms with Crippen LogP contribution in [-0.2, 0) is 5.33 Å². The van der Waals surface area contributed by atoms with E-state index in [1.165, 1.54) is 11.1 Å². The van der Waals surface area contributed by atoms with Crippen molar-refractivity contribution in [2.24, 2.45) is 0 Å². The van der Waals surface area contributed by atoms with Gasteiger partial charge >= 0.3 is 0 Å². The van der Waals surface area contributed by atoms with Crippen molar-refractivity contribution in [3.05, 3.63) is 65.5 Å². The lowest BCUT2D eigenvalue weighted by atomic mass is 10.1. The second-order valence-electron chi connectivity index (χ2n) is 5.04. The number of benzene rings is 2. The molecule has 3 nitrogen and oxygen atoms in total. The minimum atomic E-state index is 0.666. The third kappa shape index (κ3) is 2.63. The first-order chi connectivity index (χ1) is 10.2. The van der Waals surface area contributed by atoms with E-state index in [-0.39, 0.29) is 0 Å². The molecular weight excluding hydrogens is 326 g/mol. The first kappa shape index (κ1) is 14.0. The fraction of sp³-hybridized carbons (Fsp3) is 0.176. The Labute approximate surface area is 132 Å². The van der Waals surface area contributed by atoms with Crippen LogP contribution in [0.5, 0.6) is 0 Å². The Morgan fingerprint density at radius 3 is 2.38 bits per heavy atom. The van der Waals surface area contributed by atoms with E-state index < -0.39 is 0 Å². The monoisotopic (exact) mass is 341 g/mol. The molecule has 3 rings (SSSR count). The summed E-state index contributed by atoms with van der Waals surface area (Å²) in [7, 11) is 0. The van der Waals surface area contributed by atoms with Crippen LogP contribution < -0.4 is 0 Å². The highest BCUT2D eigenvalue weighted by Crippen LogP contribution is 2.25. The van der Waals surface area contributed by atoms with Gasteiger partial charge in [-0.2, -0.15) is 0 Å². The number of rotatable bonds is 3. The van der Waals surface area contributed by atoms with Crippen molar-refractivity contribution < 1.29 is 0 Å². The van der Waals surface area contributed by atoms with E-state index in [4.69, 9.17) is 0 Å². The maximum absolute atomic E-state index is 4.39. The molecule has 0 radical (unpaired) electrons. The molecule has 0 spiro atoms. The molecule has 0 aliphatic carbocycles. The fourth-order valence-electron chi connectivity index (χ4n) is 2.32. The highest BCUT2D eigenvalue weighted by molar-refractivity contribution is 9.08. The molecular formula is C17H16BrN3. The molecule has 4 heteroatoms. The van der Waals surface area contributed by atoms with Crippen molar-refractivity contribution in [3.63, 3.8) is 0 Å². The molecule has 0 saturated carbocycles. The molecule has 0 unspecified atom stereocenters. The standard InChI is InChI=1S/C17H16BrN3/c1-12-8-9-14(10-13(12)2)17-20-19-16(11-18)21(17)15-6-4-3-5-7-15/h3-10H,11H2,1-2H3. The average molecular weight is 342 g/mol. The first-order valence-electron chi connectivity index (χ1n) is 6.84. The SMILES string of the molecule is Cc1ccc(-c2nnc(CBr)n2-c2ccccc2)cc1C. The van der Waals surface area contributed by atoms with Crippen LogP contribution in [0.25, 0.3) is 17.1 Å². The third-order valence-corrected chi connectivity index (χ3v) is 4.13. The van der Waals surface area contributed by atoms with Gasteiger partial charge < -0.3 is 0 Å². The number of halogens is 1. The van der Waals surface area contributed by atoms with Gasteiger partial charge in [0.25, 0.3) is 0 Å². The van der Waals surface area contributed by atoms with E-state index >= 15 is 0 Å². The number of nitrogens with zero attached hydrogens (tertiary/aromatic N) is 3. The zero-order valence-electron chi connectivity index (χ0n) is 12.0. The predicted octanol–water partition coefficient (Wildman–Crippen LogP) is 4.45. The van der Waals surface area contributed by atoms with Gasteiger partial charge in [0.05, 0.1) is 5.33 Å². The third-order valence-electron chi connectivity index (χ3n) is 3.63. The van der Waals surface area contributed by atoms with Crippen molar-refractivity contribution in [2.75, 3.05) is 0 Å². The smallest absolute Gasteiger partial charge is 0.168 e. The first-order valence-corrected chi connectivity index (χ1v) is 7.96. The zero-order valence-corrected chi connectivity index (χ0v) is 13.6. The number of aromatic nitrogens is 3. The van der Waals surface area contributed by atoms with Gasteiger partial charge in [-0.25, -0.2) is 0 Å². The molecule has 0 bridgehead atoms. The van der Waals surface area contributed by atoms with Crippen molar-refractivity contribution in [3.8, 4) is 17.1 Å². The quantitative estimate of drug-likeness (QED) is 0.659. The summed E-state index contributed by atoms with van der Waals surface area (Å²) in [5.41, 5.74) is 4.70. The van der Waals surface area contributed by atoms with Crippen LogP contribution in [0.4, 0.5) is 0 Å². The lowest BCUT2D eigenvalue weighted by Crippen LogP contribution is -2.01. The van der Waals surface area contributed by atoms with E-state index in [0.717, 1.165) is 22.9 Å². The van der Waals surface area contributed by atoms with Crippen LogP contribution in [0, 0.1) is 13.8 Å². The van der Waals surface area contributed by atoms with Crippen LogP contribution in [-0.4, -0.2) is 14.8 Å². The summed E-state index contributed by atoms with van der Waals surface area (Å²) in [6, 6.07) is 16.6. The van der Waals surface area contributed by atoms with Crippen LogP contribution in [0.15, 0.2) is 48.5 Å². The number of aryl methyl sites for hydroxylation is 2. The Bertz CT molecular complexity index is 763. The second-order valence-corrected chi connectivity index (χ2v) is 5.60. The van der Waals surface area contributed by atoms with E-state index in [1.807, 2.05) is 18.2 Å². The summed E-state index contributed by atoms with van der Waals surface area (Å²) in [4.78, 5) is 0. The number of para-hydroxylation sites is 1. The summed E-state index contributed by atoms with van der Waals surface area (Å²) in [6.07, 6.45) is 0.